The highest BCUT2D eigenvalue weighted by molar-refractivity contribution is 6.40. The van der Waals surface area contributed by atoms with Gasteiger partial charge >= 0.3 is 13.1 Å². The molecule has 0 amide bonds. The molecule has 1 heterocycles. The van der Waals surface area contributed by atoms with E-state index in [0.29, 0.717) is 25.3 Å². The van der Waals surface area contributed by atoms with Crippen LogP contribution in [0.15, 0.2) is 12.1 Å². The van der Waals surface area contributed by atoms with Crippen molar-refractivity contribution in [3.05, 3.63) is 34.4 Å². The fourth-order valence-corrected chi connectivity index (χ4v) is 5.40. The molecular weight excluding hydrogens is 379 g/mol. The maximum absolute atomic E-state index is 12.0. The Bertz CT molecular complexity index is 749. The number of aryl methyl sites for hydroxylation is 3. The molecule has 1 aliphatic heterocycles. The molecule has 0 radical (unpaired) electrons. The third kappa shape index (κ3) is 5.07. The highest BCUT2D eigenvalue weighted by Gasteiger charge is 2.43. The van der Waals surface area contributed by atoms with Gasteiger partial charge in [-0.15, -0.1) is 0 Å². The Balaban J connectivity index is 1.64. The maximum Gasteiger partial charge on any atom is 0.451 e. The lowest BCUT2D eigenvalue weighted by molar-refractivity contribution is -0.147. The van der Waals surface area contributed by atoms with Crippen molar-refractivity contribution in [1.29, 1.82) is 0 Å². The average Bonchev–Trinajstić information content (AvgIpc) is 2.71. The summed E-state index contributed by atoms with van der Waals surface area (Å²) in [5.41, 5.74) is 10.8. The Morgan fingerprint density at radius 3 is 2.47 bits per heavy atom. The van der Waals surface area contributed by atoms with Crippen LogP contribution in [0.2, 0.25) is 6.32 Å². The lowest BCUT2D eigenvalue weighted by atomic mass is 9.73. The van der Waals surface area contributed by atoms with E-state index in [1.165, 1.54) is 28.7 Å². The van der Waals surface area contributed by atoms with Gasteiger partial charge in [-0.25, -0.2) is 0 Å². The standard InChI is InChI=1S/C23H37BN2O4/c1-16-14-18-6-5-7-21(20(18)15-17(16)2)26-12-8-19(9-13-26)23(25,22(27)28)10-3-4-11-24(29)30/h14-15,19,21,29-30H,3-13,25H2,1-2H3,(H,27,28). The molecule has 1 saturated heterocycles. The second-order valence-electron chi connectivity index (χ2n) is 9.43. The molecule has 30 heavy (non-hydrogen) atoms. The van der Waals surface area contributed by atoms with Crippen molar-refractivity contribution >= 4 is 13.1 Å². The van der Waals surface area contributed by atoms with Crippen LogP contribution in [0.4, 0.5) is 0 Å². The highest BCUT2D eigenvalue weighted by atomic mass is 16.4. The van der Waals surface area contributed by atoms with Crippen LogP contribution in [0.3, 0.4) is 0 Å². The van der Waals surface area contributed by atoms with E-state index in [1.807, 2.05) is 0 Å². The Morgan fingerprint density at radius 2 is 1.83 bits per heavy atom. The molecular formula is C23H37BN2O4. The van der Waals surface area contributed by atoms with Gasteiger partial charge in [0.1, 0.15) is 5.54 Å². The number of carboxylic acids is 1. The summed E-state index contributed by atoms with van der Waals surface area (Å²) >= 11 is 0. The lowest BCUT2D eigenvalue weighted by Gasteiger charge is -2.44. The van der Waals surface area contributed by atoms with Gasteiger partial charge in [-0.2, -0.15) is 0 Å². The number of unbranched alkanes of at least 4 members (excludes halogenated alkanes) is 1. The molecule has 0 saturated carbocycles. The molecule has 2 unspecified atom stereocenters. The van der Waals surface area contributed by atoms with Gasteiger partial charge in [-0.05, 0) is 100.0 Å². The first-order valence-corrected chi connectivity index (χ1v) is 11.4. The number of likely N-dealkylation sites (tertiary alicyclic amines) is 1. The van der Waals surface area contributed by atoms with E-state index in [-0.39, 0.29) is 12.2 Å². The van der Waals surface area contributed by atoms with Crippen molar-refractivity contribution in [3.8, 4) is 0 Å². The van der Waals surface area contributed by atoms with E-state index in [2.05, 4.69) is 30.9 Å². The summed E-state index contributed by atoms with van der Waals surface area (Å²) in [5, 5.41) is 27.9. The normalized spacial score (nSPS) is 22.4. The predicted molar refractivity (Wildman–Crippen MR) is 119 cm³/mol. The van der Waals surface area contributed by atoms with E-state index < -0.39 is 18.6 Å². The van der Waals surface area contributed by atoms with Gasteiger partial charge in [0, 0.05) is 6.04 Å². The van der Waals surface area contributed by atoms with Gasteiger partial charge < -0.3 is 20.9 Å². The summed E-state index contributed by atoms with van der Waals surface area (Å²) in [6, 6.07) is 5.14. The number of hydrogen-bond donors (Lipinski definition) is 4. The number of piperidine rings is 1. The number of carbonyl (C=O) groups is 1. The number of hydrogen-bond acceptors (Lipinski definition) is 5. The molecule has 1 aliphatic carbocycles. The van der Waals surface area contributed by atoms with Crippen LogP contribution in [0.5, 0.6) is 0 Å². The highest BCUT2D eigenvalue weighted by Crippen LogP contribution is 2.39. The zero-order valence-corrected chi connectivity index (χ0v) is 18.4. The van der Waals surface area contributed by atoms with Crippen LogP contribution in [0.1, 0.15) is 73.2 Å². The minimum absolute atomic E-state index is 0.0480. The second kappa shape index (κ2) is 9.81. The summed E-state index contributed by atoms with van der Waals surface area (Å²) in [4.78, 5) is 14.6. The van der Waals surface area contributed by atoms with Crippen molar-refractivity contribution in [1.82, 2.24) is 4.90 Å². The van der Waals surface area contributed by atoms with Crippen molar-refractivity contribution in [2.75, 3.05) is 13.1 Å². The first-order chi connectivity index (χ1) is 14.2. The largest absolute Gasteiger partial charge is 0.480 e. The molecule has 0 bridgehead atoms. The predicted octanol–water partition coefficient (Wildman–Crippen LogP) is 2.82. The van der Waals surface area contributed by atoms with Gasteiger partial charge in [0.25, 0.3) is 0 Å². The van der Waals surface area contributed by atoms with E-state index in [0.717, 1.165) is 38.8 Å². The Kier molecular flexibility index (Phi) is 7.61. The van der Waals surface area contributed by atoms with Crippen LogP contribution in [0.25, 0.3) is 0 Å². The zero-order chi connectivity index (χ0) is 21.9. The molecule has 7 heteroatoms. The molecule has 0 spiro atoms. The zero-order valence-electron chi connectivity index (χ0n) is 18.4. The van der Waals surface area contributed by atoms with Crippen LogP contribution in [-0.4, -0.2) is 51.8 Å². The van der Waals surface area contributed by atoms with Crippen LogP contribution >= 0.6 is 0 Å². The van der Waals surface area contributed by atoms with Gasteiger partial charge in [-0.3, -0.25) is 9.69 Å². The Labute approximate surface area is 180 Å². The van der Waals surface area contributed by atoms with E-state index in [9.17, 15) is 9.90 Å². The summed E-state index contributed by atoms with van der Waals surface area (Å²) in [5.74, 6) is -0.979. The summed E-state index contributed by atoms with van der Waals surface area (Å²) < 4.78 is 0. The van der Waals surface area contributed by atoms with Crippen LogP contribution in [0, 0.1) is 19.8 Å². The number of benzene rings is 1. The fraction of sp³-hybridized carbons (Fsp3) is 0.696. The monoisotopic (exact) mass is 416 g/mol. The Morgan fingerprint density at radius 1 is 1.17 bits per heavy atom. The van der Waals surface area contributed by atoms with Crippen molar-refractivity contribution < 1.29 is 19.9 Å². The molecule has 2 aliphatic rings. The van der Waals surface area contributed by atoms with E-state index in [1.54, 1.807) is 0 Å². The minimum Gasteiger partial charge on any atom is -0.480 e. The molecule has 6 nitrogen and oxygen atoms in total. The number of aliphatic carboxylic acids is 1. The van der Waals surface area contributed by atoms with Gasteiger partial charge in [0.15, 0.2) is 0 Å². The number of carboxylic acid groups (broad SMARTS) is 1. The number of fused-ring (bicyclic) bond motifs is 1. The van der Waals surface area contributed by atoms with Gasteiger partial charge in [0.2, 0.25) is 0 Å². The topological polar surface area (TPSA) is 107 Å². The number of nitrogens with zero attached hydrogens (tertiary/aromatic N) is 1. The fourth-order valence-electron chi connectivity index (χ4n) is 5.40. The number of nitrogens with two attached hydrogens (primary N) is 1. The van der Waals surface area contributed by atoms with Gasteiger partial charge in [-0.1, -0.05) is 25.0 Å². The molecule has 1 fully saturated rings. The molecule has 166 valence electrons. The molecule has 5 N–H and O–H groups in total. The van der Waals surface area contributed by atoms with Crippen molar-refractivity contribution in [3.63, 3.8) is 0 Å². The SMILES string of the molecule is Cc1cc2c(cc1C)C(N1CCC(C(N)(CCCCB(O)O)C(=O)O)CC1)CCC2. The summed E-state index contributed by atoms with van der Waals surface area (Å²) in [7, 11) is -1.34. The van der Waals surface area contributed by atoms with E-state index in [4.69, 9.17) is 15.8 Å². The Hall–Kier alpha value is -1.41. The minimum atomic E-state index is -1.34. The smallest absolute Gasteiger partial charge is 0.451 e. The first kappa shape index (κ1) is 23.3. The summed E-state index contributed by atoms with van der Waals surface area (Å²) in [6.07, 6.45) is 6.90. The molecule has 3 rings (SSSR count). The van der Waals surface area contributed by atoms with Gasteiger partial charge in [0.05, 0.1) is 0 Å². The second-order valence-corrected chi connectivity index (χ2v) is 9.43. The first-order valence-electron chi connectivity index (χ1n) is 11.4. The van der Waals surface area contributed by atoms with Crippen molar-refractivity contribution in [2.45, 2.75) is 83.1 Å². The molecule has 0 aromatic heterocycles. The average molecular weight is 416 g/mol. The lowest BCUT2D eigenvalue weighted by Crippen LogP contribution is -2.57. The maximum atomic E-state index is 12.0. The molecule has 2 atom stereocenters. The third-order valence-corrected chi connectivity index (χ3v) is 7.44. The molecule has 1 aromatic carbocycles. The summed E-state index contributed by atoms with van der Waals surface area (Å²) in [6.45, 7) is 6.12. The number of rotatable bonds is 8. The molecule has 1 aromatic rings. The third-order valence-electron chi connectivity index (χ3n) is 7.44. The quantitative estimate of drug-likeness (QED) is 0.384. The van der Waals surface area contributed by atoms with Crippen LogP contribution in [-0.2, 0) is 11.2 Å². The van der Waals surface area contributed by atoms with E-state index >= 15 is 0 Å². The van der Waals surface area contributed by atoms with Crippen molar-refractivity contribution in [2.24, 2.45) is 11.7 Å². The van der Waals surface area contributed by atoms with Crippen LogP contribution < -0.4 is 5.73 Å².